The van der Waals surface area contributed by atoms with Crippen LogP contribution in [0.5, 0.6) is 0 Å². The van der Waals surface area contributed by atoms with E-state index in [4.69, 9.17) is 0 Å². The maximum atomic E-state index is 12.7. The summed E-state index contributed by atoms with van der Waals surface area (Å²) in [5, 5.41) is 3.36. The third kappa shape index (κ3) is 2.25. The van der Waals surface area contributed by atoms with Crippen molar-refractivity contribution in [2.45, 2.75) is 6.54 Å². The Kier molecular flexibility index (Phi) is 3.31. The van der Waals surface area contributed by atoms with Crippen molar-refractivity contribution in [2.75, 3.05) is 36.0 Å². The molecule has 1 fully saturated rings. The third-order valence-corrected chi connectivity index (χ3v) is 4.45. The number of nitrogens with one attached hydrogen (secondary N) is 1. The second-order valence-electron chi connectivity index (χ2n) is 5.81. The summed E-state index contributed by atoms with van der Waals surface area (Å²) in [5.41, 5.74) is 4.09. The molecule has 22 heavy (non-hydrogen) atoms. The SMILES string of the molecule is O=C1c2cc(N3CCNCC3)ccc2CN1c1ccccc1. The maximum Gasteiger partial charge on any atom is 0.259 e. The lowest BCUT2D eigenvalue weighted by atomic mass is 10.1. The lowest BCUT2D eigenvalue weighted by Gasteiger charge is -2.29. The van der Waals surface area contributed by atoms with Gasteiger partial charge in [-0.1, -0.05) is 24.3 Å². The zero-order chi connectivity index (χ0) is 14.9. The minimum absolute atomic E-state index is 0.109. The molecule has 0 spiro atoms. The van der Waals surface area contributed by atoms with Crippen LogP contribution in [0, 0.1) is 0 Å². The smallest absolute Gasteiger partial charge is 0.259 e. The molecule has 1 saturated heterocycles. The number of hydrogen-bond donors (Lipinski definition) is 1. The summed E-state index contributed by atoms with van der Waals surface area (Å²) in [6.45, 7) is 4.66. The molecule has 0 radical (unpaired) electrons. The van der Waals surface area contributed by atoms with Crippen molar-refractivity contribution in [1.82, 2.24) is 5.32 Å². The van der Waals surface area contributed by atoms with E-state index in [-0.39, 0.29) is 5.91 Å². The van der Waals surface area contributed by atoms with Crippen LogP contribution in [0.1, 0.15) is 15.9 Å². The number of amides is 1. The van der Waals surface area contributed by atoms with Gasteiger partial charge < -0.3 is 15.1 Å². The standard InChI is InChI=1S/C18H19N3O/c22-18-17-12-16(20-10-8-19-9-11-20)7-6-14(17)13-21(18)15-4-2-1-3-5-15/h1-7,12,19H,8-11,13H2. The van der Waals surface area contributed by atoms with E-state index in [1.54, 1.807) is 0 Å². The zero-order valence-corrected chi connectivity index (χ0v) is 12.5. The number of piperazine rings is 1. The minimum atomic E-state index is 0.109. The second-order valence-corrected chi connectivity index (χ2v) is 5.81. The van der Waals surface area contributed by atoms with Gasteiger partial charge in [-0.05, 0) is 29.8 Å². The average molecular weight is 293 g/mol. The number of para-hydroxylation sites is 1. The van der Waals surface area contributed by atoms with Gasteiger partial charge in [0, 0.05) is 43.1 Å². The molecular weight excluding hydrogens is 274 g/mol. The normalized spacial score (nSPS) is 17.7. The van der Waals surface area contributed by atoms with Crippen LogP contribution in [0.2, 0.25) is 0 Å². The van der Waals surface area contributed by atoms with Crippen molar-refractivity contribution in [3.63, 3.8) is 0 Å². The van der Waals surface area contributed by atoms with E-state index >= 15 is 0 Å². The lowest BCUT2D eigenvalue weighted by molar-refractivity contribution is 0.0996. The van der Waals surface area contributed by atoms with Crippen LogP contribution in [-0.4, -0.2) is 32.1 Å². The van der Waals surface area contributed by atoms with E-state index in [2.05, 4.69) is 28.4 Å². The molecule has 1 N–H and O–H groups in total. The summed E-state index contributed by atoms with van der Waals surface area (Å²) in [4.78, 5) is 16.9. The fraction of sp³-hybridized carbons (Fsp3) is 0.278. The zero-order valence-electron chi connectivity index (χ0n) is 12.5. The highest BCUT2D eigenvalue weighted by Gasteiger charge is 2.29. The third-order valence-electron chi connectivity index (χ3n) is 4.45. The first-order valence-electron chi connectivity index (χ1n) is 7.78. The molecule has 2 aliphatic rings. The van der Waals surface area contributed by atoms with Crippen LogP contribution in [0.15, 0.2) is 48.5 Å². The number of rotatable bonds is 2. The van der Waals surface area contributed by atoms with E-state index in [9.17, 15) is 4.79 Å². The molecule has 4 rings (SSSR count). The Morgan fingerprint density at radius 1 is 0.909 bits per heavy atom. The second kappa shape index (κ2) is 5.46. The highest BCUT2D eigenvalue weighted by Crippen LogP contribution is 2.31. The van der Waals surface area contributed by atoms with Crippen molar-refractivity contribution in [1.29, 1.82) is 0 Å². The molecule has 2 aliphatic heterocycles. The molecule has 112 valence electrons. The van der Waals surface area contributed by atoms with Gasteiger partial charge in [0.1, 0.15) is 0 Å². The topological polar surface area (TPSA) is 35.6 Å². The molecular formula is C18H19N3O. The van der Waals surface area contributed by atoms with Gasteiger partial charge in [-0.3, -0.25) is 4.79 Å². The molecule has 2 aromatic rings. The van der Waals surface area contributed by atoms with Gasteiger partial charge in [0.05, 0.1) is 6.54 Å². The number of hydrogen-bond acceptors (Lipinski definition) is 3. The molecule has 0 bridgehead atoms. The van der Waals surface area contributed by atoms with Crippen LogP contribution in [0.3, 0.4) is 0 Å². The molecule has 2 aromatic carbocycles. The highest BCUT2D eigenvalue weighted by molar-refractivity contribution is 6.10. The largest absolute Gasteiger partial charge is 0.369 e. The number of carbonyl (C=O) groups is 1. The minimum Gasteiger partial charge on any atom is -0.369 e. The molecule has 4 heteroatoms. The summed E-state index contributed by atoms with van der Waals surface area (Å²) >= 11 is 0. The van der Waals surface area contributed by atoms with Crippen molar-refractivity contribution in [2.24, 2.45) is 0 Å². The summed E-state index contributed by atoms with van der Waals surface area (Å²) in [6.07, 6.45) is 0. The first-order chi connectivity index (χ1) is 10.8. The number of benzene rings is 2. The Balaban J connectivity index is 1.63. The maximum absolute atomic E-state index is 12.7. The fourth-order valence-corrected chi connectivity index (χ4v) is 3.23. The van der Waals surface area contributed by atoms with Crippen LogP contribution >= 0.6 is 0 Å². The number of fused-ring (bicyclic) bond motifs is 1. The van der Waals surface area contributed by atoms with E-state index in [0.717, 1.165) is 48.7 Å². The van der Waals surface area contributed by atoms with Gasteiger partial charge in [0.2, 0.25) is 0 Å². The van der Waals surface area contributed by atoms with E-state index in [1.807, 2.05) is 35.2 Å². The Morgan fingerprint density at radius 2 is 1.68 bits per heavy atom. The Bertz CT molecular complexity index is 693. The number of carbonyl (C=O) groups excluding carboxylic acids is 1. The monoisotopic (exact) mass is 293 g/mol. The van der Waals surface area contributed by atoms with Crippen LogP contribution in [0.4, 0.5) is 11.4 Å². The van der Waals surface area contributed by atoms with Gasteiger partial charge in [0.25, 0.3) is 5.91 Å². The van der Waals surface area contributed by atoms with Crippen LogP contribution < -0.4 is 15.1 Å². The molecule has 1 amide bonds. The summed E-state index contributed by atoms with van der Waals surface area (Å²) in [6, 6.07) is 16.2. The summed E-state index contributed by atoms with van der Waals surface area (Å²) in [7, 11) is 0. The number of anilines is 2. The predicted octanol–water partition coefficient (Wildman–Crippen LogP) is 2.26. The average Bonchev–Trinajstić information content (AvgIpc) is 2.93. The summed E-state index contributed by atoms with van der Waals surface area (Å²) in [5.74, 6) is 0.109. The fourth-order valence-electron chi connectivity index (χ4n) is 3.23. The molecule has 4 nitrogen and oxygen atoms in total. The van der Waals surface area contributed by atoms with Gasteiger partial charge in [-0.2, -0.15) is 0 Å². The Hall–Kier alpha value is -2.33. The highest BCUT2D eigenvalue weighted by atomic mass is 16.2. The van der Waals surface area contributed by atoms with Crippen molar-refractivity contribution < 1.29 is 4.79 Å². The first-order valence-corrected chi connectivity index (χ1v) is 7.78. The molecule has 2 heterocycles. The van der Waals surface area contributed by atoms with Crippen molar-refractivity contribution in [3.05, 3.63) is 59.7 Å². The quantitative estimate of drug-likeness (QED) is 0.922. The first kappa shape index (κ1) is 13.3. The van der Waals surface area contributed by atoms with Crippen LogP contribution in [-0.2, 0) is 6.54 Å². The van der Waals surface area contributed by atoms with E-state index in [0.29, 0.717) is 6.54 Å². The van der Waals surface area contributed by atoms with Gasteiger partial charge >= 0.3 is 0 Å². The Labute approximate surface area is 130 Å². The lowest BCUT2D eigenvalue weighted by Crippen LogP contribution is -2.43. The van der Waals surface area contributed by atoms with Crippen molar-refractivity contribution in [3.8, 4) is 0 Å². The van der Waals surface area contributed by atoms with Gasteiger partial charge in [-0.25, -0.2) is 0 Å². The predicted molar refractivity (Wildman–Crippen MR) is 88.5 cm³/mol. The van der Waals surface area contributed by atoms with Crippen molar-refractivity contribution >= 4 is 17.3 Å². The molecule has 0 aromatic heterocycles. The molecule has 0 saturated carbocycles. The number of nitrogens with zero attached hydrogens (tertiary/aromatic N) is 2. The molecule has 0 atom stereocenters. The van der Waals surface area contributed by atoms with Crippen LogP contribution in [0.25, 0.3) is 0 Å². The van der Waals surface area contributed by atoms with E-state index < -0.39 is 0 Å². The molecule has 0 aliphatic carbocycles. The van der Waals surface area contributed by atoms with E-state index in [1.165, 1.54) is 0 Å². The Morgan fingerprint density at radius 3 is 2.45 bits per heavy atom. The molecule has 0 unspecified atom stereocenters. The summed E-state index contributed by atoms with van der Waals surface area (Å²) < 4.78 is 0. The van der Waals surface area contributed by atoms with Gasteiger partial charge in [-0.15, -0.1) is 0 Å². The van der Waals surface area contributed by atoms with Gasteiger partial charge in [0.15, 0.2) is 0 Å².